The van der Waals surface area contributed by atoms with E-state index in [0.717, 1.165) is 56.9 Å². The van der Waals surface area contributed by atoms with Gasteiger partial charge in [0.2, 0.25) is 0 Å². The van der Waals surface area contributed by atoms with Crippen molar-refractivity contribution >= 4 is 16.6 Å². The fourth-order valence-electron chi connectivity index (χ4n) is 4.39. The molecule has 0 unspecified atom stereocenters. The van der Waals surface area contributed by atoms with Gasteiger partial charge in [-0.2, -0.15) is 0 Å². The van der Waals surface area contributed by atoms with Crippen molar-refractivity contribution in [2.45, 2.75) is 6.61 Å². The average Bonchev–Trinajstić information content (AvgIpc) is 3.39. The largest absolute Gasteiger partial charge is 0.496 e. The van der Waals surface area contributed by atoms with Gasteiger partial charge in [0.05, 0.1) is 31.0 Å². The maximum atomic E-state index is 6.02. The molecule has 0 saturated heterocycles. The predicted molar refractivity (Wildman–Crippen MR) is 138 cm³/mol. The summed E-state index contributed by atoms with van der Waals surface area (Å²) in [5, 5.41) is 5.64. The van der Waals surface area contributed by atoms with Gasteiger partial charge in [0, 0.05) is 23.0 Å². The van der Waals surface area contributed by atoms with E-state index in [1.807, 2.05) is 68.7 Å². The third kappa shape index (κ3) is 4.31. The number of aromatic nitrogens is 1. The highest BCUT2D eigenvalue weighted by molar-refractivity contribution is 6.31. The Labute approximate surface area is 204 Å². The van der Waals surface area contributed by atoms with Crippen LogP contribution in [0.2, 0.25) is 0 Å². The third-order valence-electron chi connectivity index (χ3n) is 6.10. The molecule has 3 aromatic carbocycles. The summed E-state index contributed by atoms with van der Waals surface area (Å²) in [6.45, 7) is 1.81. The second kappa shape index (κ2) is 9.72. The molecule has 0 fully saturated rings. The van der Waals surface area contributed by atoms with Crippen molar-refractivity contribution in [2.75, 3.05) is 41.5 Å². The first-order valence-electron chi connectivity index (χ1n) is 11.5. The lowest BCUT2D eigenvalue weighted by Crippen LogP contribution is -2.19. The van der Waals surface area contributed by atoms with Crippen LogP contribution in [-0.4, -0.2) is 57.1 Å². The van der Waals surface area contributed by atoms with E-state index >= 15 is 0 Å². The topological polar surface area (TPSA) is 68.3 Å². The lowest BCUT2D eigenvalue weighted by atomic mass is 10.0. The van der Waals surface area contributed by atoms with Gasteiger partial charge in [-0.3, -0.25) is 0 Å². The number of benzene rings is 3. The number of rotatable bonds is 9. The summed E-state index contributed by atoms with van der Waals surface area (Å²) in [6, 6.07) is 19.9. The quantitative estimate of drug-likeness (QED) is 0.304. The van der Waals surface area contributed by atoms with Crippen molar-refractivity contribution in [3.05, 3.63) is 77.4 Å². The maximum Gasteiger partial charge on any atom is 0.142 e. The molecule has 0 atom stereocenters. The third-order valence-corrected chi connectivity index (χ3v) is 6.10. The molecule has 0 aliphatic heterocycles. The molecule has 1 N–H and O–H groups in total. The smallest absolute Gasteiger partial charge is 0.142 e. The van der Waals surface area contributed by atoms with Crippen LogP contribution in [0.5, 0.6) is 17.2 Å². The number of aromatic amines is 1. The molecule has 0 saturated carbocycles. The van der Waals surface area contributed by atoms with E-state index in [1.54, 1.807) is 14.2 Å². The van der Waals surface area contributed by atoms with E-state index in [0.29, 0.717) is 24.7 Å². The van der Waals surface area contributed by atoms with E-state index in [9.17, 15) is 0 Å². The molecule has 0 radical (unpaired) electrons. The van der Waals surface area contributed by atoms with Crippen LogP contribution in [0, 0.1) is 0 Å². The first-order chi connectivity index (χ1) is 17.1. The zero-order valence-corrected chi connectivity index (χ0v) is 20.4. The number of nitrogens with zero attached hydrogens (tertiary/aromatic N) is 2. The summed E-state index contributed by atoms with van der Waals surface area (Å²) in [7, 11) is 7.39. The Balaban J connectivity index is 1.61. The molecule has 7 heteroatoms. The van der Waals surface area contributed by atoms with Crippen molar-refractivity contribution < 1.29 is 19.0 Å². The second-order valence-electron chi connectivity index (χ2n) is 8.65. The normalized spacial score (nSPS) is 13.2. The van der Waals surface area contributed by atoms with Crippen molar-refractivity contribution in [3.63, 3.8) is 0 Å². The van der Waals surface area contributed by atoms with Crippen LogP contribution >= 0.6 is 0 Å². The van der Waals surface area contributed by atoms with Gasteiger partial charge >= 0.3 is 0 Å². The first-order valence-corrected chi connectivity index (χ1v) is 11.5. The average molecular weight is 472 g/mol. The van der Waals surface area contributed by atoms with Gasteiger partial charge in [0.1, 0.15) is 36.2 Å². The molecule has 1 aromatic heterocycles. The molecular formula is C28H29N3O4. The van der Waals surface area contributed by atoms with Crippen LogP contribution in [0.1, 0.15) is 16.7 Å². The van der Waals surface area contributed by atoms with E-state index in [2.05, 4.69) is 21.1 Å². The Morgan fingerprint density at radius 3 is 2.31 bits per heavy atom. The molecule has 0 bridgehead atoms. The van der Waals surface area contributed by atoms with Gasteiger partial charge in [-0.1, -0.05) is 35.5 Å². The summed E-state index contributed by atoms with van der Waals surface area (Å²) in [4.78, 5) is 11.5. The molecule has 180 valence electrons. The van der Waals surface area contributed by atoms with E-state index in [-0.39, 0.29) is 0 Å². The Morgan fingerprint density at radius 1 is 0.857 bits per heavy atom. The Kier molecular flexibility index (Phi) is 6.33. The van der Waals surface area contributed by atoms with Crippen LogP contribution in [0.4, 0.5) is 0 Å². The number of hydrogen-bond donors (Lipinski definition) is 1. The highest BCUT2D eigenvalue weighted by Crippen LogP contribution is 2.49. The zero-order chi connectivity index (χ0) is 24.4. The fraction of sp³-hybridized carbons (Fsp3) is 0.250. The minimum atomic E-state index is 0.364. The Morgan fingerprint density at radius 2 is 1.60 bits per heavy atom. The van der Waals surface area contributed by atoms with Gasteiger partial charge in [-0.25, -0.2) is 0 Å². The summed E-state index contributed by atoms with van der Waals surface area (Å²) in [5.74, 6) is 2.25. The van der Waals surface area contributed by atoms with Crippen LogP contribution in [0.15, 0.2) is 65.8 Å². The Bertz CT molecular complexity index is 1380. The molecule has 1 aliphatic rings. The molecule has 35 heavy (non-hydrogen) atoms. The molecule has 1 aliphatic carbocycles. The highest BCUT2D eigenvalue weighted by Gasteiger charge is 2.35. The number of H-pyrrole nitrogens is 1. The van der Waals surface area contributed by atoms with Crippen LogP contribution in [-0.2, 0) is 11.4 Å². The summed E-state index contributed by atoms with van der Waals surface area (Å²) in [5.41, 5.74) is 6.38. The fourth-order valence-corrected chi connectivity index (χ4v) is 4.39. The maximum absolute atomic E-state index is 6.02. The van der Waals surface area contributed by atoms with Crippen LogP contribution < -0.4 is 14.2 Å². The number of ether oxygens (including phenoxy) is 3. The molecule has 0 spiro atoms. The molecule has 1 heterocycles. The van der Waals surface area contributed by atoms with Crippen LogP contribution in [0.3, 0.4) is 0 Å². The van der Waals surface area contributed by atoms with E-state index < -0.39 is 0 Å². The number of fused-ring (bicyclic) bond motifs is 5. The number of methoxy groups -OCH3 is 2. The minimum Gasteiger partial charge on any atom is -0.496 e. The molecule has 5 rings (SSSR count). The number of hydrogen-bond acceptors (Lipinski definition) is 6. The molecule has 0 amide bonds. The minimum absolute atomic E-state index is 0.364. The monoisotopic (exact) mass is 471 g/mol. The van der Waals surface area contributed by atoms with E-state index in [4.69, 9.17) is 19.0 Å². The molecule has 7 nitrogen and oxygen atoms in total. The van der Waals surface area contributed by atoms with Gasteiger partial charge in [-0.05, 0) is 50.0 Å². The van der Waals surface area contributed by atoms with Crippen molar-refractivity contribution in [1.82, 2.24) is 9.88 Å². The lowest BCUT2D eigenvalue weighted by Gasteiger charge is -2.13. The standard InChI is InChI=1S/C28H29N3O4/c1-31(2)14-15-34-19-10-11-21-20(16-19)24-27(29-21)25-22(32-3)12-13-23(33-4)26(25)28(24)30-35-17-18-8-6-5-7-9-18/h5-13,16,29H,14-15,17H2,1-4H3/b30-28+. The molecule has 4 aromatic rings. The second-order valence-corrected chi connectivity index (χ2v) is 8.65. The van der Waals surface area contributed by atoms with Crippen molar-refractivity contribution in [3.8, 4) is 28.5 Å². The predicted octanol–water partition coefficient (Wildman–Crippen LogP) is 5.08. The van der Waals surface area contributed by atoms with Crippen molar-refractivity contribution in [1.29, 1.82) is 0 Å². The lowest BCUT2D eigenvalue weighted by molar-refractivity contribution is 0.131. The number of oxime groups is 1. The van der Waals surface area contributed by atoms with Gasteiger partial charge in [-0.15, -0.1) is 0 Å². The van der Waals surface area contributed by atoms with Crippen molar-refractivity contribution in [2.24, 2.45) is 5.16 Å². The SMILES string of the molecule is COc1ccc(OC)c2c1/C(=N/OCc1ccccc1)c1c-2[nH]c2ccc(OCCN(C)C)cc12. The van der Waals surface area contributed by atoms with Gasteiger partial charge in [0.15, 0.2) is 0 Å². The number of likely N-dealkylation sites (N-methyl/N-ethyl adjacent to an activating group) is 1. The first kappa shape index (κ1) is 22.8. The Hall–Kier alpha value is -3.97. The van der Waals surface area contributed by atoms with E-state index in [1.165, 1.54) is 0 Å². The molecular weight excluding hydrogens is 442 g/mol. The summed E-state index contributed by atoms with van der Waals surface area (Å²) < 4.78 is 17.5. The zero-order valence-electron chi connectivity index (χ0n) is 20.4. The highest BCUT2D eigenvalue weighted by atomic mass is 16.6. The number of nitrogens with one attached hydrogen (secondary N) is 1. The van der Waals surface area contributed by atoms with Crippen LogP contribution in [0.25, 0.3) is 22.2 Å². The van der Waals surface area contributed by atoms with Gasteiger partial charge in [0.25, 0.3) is 0 Å². The summed E-state index contributed by atoms with van der Waals surface area (Å²) >= 11 is 0. The summed E-state index contributed by atoms with van der Waals surface area (Å²) in [6.07, 6.45) is 0. The van der Waals surface area contributed by atoms with Gasteiger partial charge < -0.3 is 28.9 Å².